The van der Waals surface area contributed by atoms with Gasteiger partial charge in [0.1, 0.15) is 5.75 Å². The number of hydrogen-bond donors (Lipinski definition) is 1. The number of ether oxygens (including phenoxy) is 1. The van der Waals surface area contributed by atoms with Crippen molar-refractivity contribution in [1.82, 2.24) is 4.90 Å². The van der Waals surface area contributed by atoms with Crippen LogP contribution in [-0.4, -0.2) is 42.4 Å². The van der Waals surface area contributed by atoms with E-state index in [4.69, 9.17) is 4.74 Å². The van der Waals surface area contributed by atoms with Crippen molar-refractivity contribution in [3.05, 3.63) is 29.3 Å². The highest BCUT2D eigenvalue weighted by Crippen LogP contribution is 2.26. The van der Waals surface area contributed by atoms with Gasteiger partial charge in [-0.05, 0) is 30.0 Å². The van der Waals surface area contributed by atoms with E-state index in [1.54, 1.807) is 0 Å². The molecule has 3 heteroatoms. The van der Waals surface area contributed by atoms with Crippen LogP contribution >= 0.6 is 0 Å². The first-order valence-corrected chi connectivity index (χ1v) is 6.46. The fourth-order valence-electron chi connectivity index (χ4n) is 2.70. The predicted octanol–water partition coefficient (Wildman–Crippen LogP) is 1.23. The number of likely N-dealkylation sites (tertiary alicyclic amines) is 1. The minimum Gasteiger partial charge on any atom is -0.493 e. The number of benzene rings is 1. The summed E-state index contributed by atoms with van der Waals surface area (Å²) in [6.07, 6.45) is 2.94. The highest BCUT2D eigenvalue weighted by Gasteiger charge is 2.19. The van der Waals surface area contributed by atoms with E-state index in [1.807, 2.05) is 0 Å². The maximum atomic E-state index is 9.47. The van der Waals surface area contributed by atoms with Gasteiger partial charge in [0, 0.05) is 26.1 Å². The van der Waals surface area contributed by atoms with Crippen LogP contribution in [0.15, 0.2) is 18.2 Å². The first-order valence-electron chi connectivity index (χ1n) is 6.46. The van der Waals surface area contributed by atoms with E-state index in [9.17, 15) is 5.11 Å². The second kappa shape index (κ2) is 4.67. The predicted molar refractivity (Wildman–Crippen MR) is 66.4 cm³/mol. The summed E-state index contributed by atoms with van der Waals surface area (Å²) in [5, 5.41) is 9.47. The van der Waals surface area contributed by atoms with Gasteiger partial charge in [-0.25, -0.2) is 0 Å². The van der Waals surface area contributed by atoms with E-state index in [-0.39, 0.29) is 6.10 Å². The normalized spacial score (nSPS) is 23.7. The van der Waals surface area contributed by atoms with Crippen molar-refractivity contribution in [2.75, 3.05) is 26.2 Å². The molecular weight excluding hydrogens is 214 g/mol. The van der Waals surface area contributed by atoms with Gasteiger partial charge in [-0.1, -0.05) is 12.1 Å². The second-order valence-corrected chi connectivity index (χ2v) is 5.03. The zero-order chi connectivity index (χ0) is 11.7. The van der Waals surface area contributed by atoms with Gasteiger partial charge in [0.2, 0.25) is 0 Å². The molecule has 3 rings (SSSR count). The SMILES string of the molecule is OC1CCN(CCc2ccc3c(c2)CCO3)C1. The van der Waals surface area contributed by atoms with Gasteiger partial charge in [-0.3, -0.25) is 0 Å². The van der Waals surface area contributed by atoms with E-state index in [0.717, 1.165) is 51.3 Å². The molecule has 1 saturated heterocycles. The molecule has 1 aromatic rings. The lowest BCUT2D eigenvalue weighted by Crippen LogP contribution is -2.24. The number of aliphatic hydroxyl groups is 1. The molecular formula is C14H19NO2. The third-order valence-corrected chi connectivity index (χ3v) is 3.72. The standard InChI is InChI=1S/C14H19NO2/c16-13-4-7-15(10-13)6-3-11-1-2-14-12(9-11)5-8-17-14/h1-2,9,13,16H,3-8,10H2. The quantitative estimate of drug-likeness (QED) is 0.852. The van der Waals surface area contributed by atoms with Crippen molar-refractivity contribution >= 4 is 0 Å². The van der Waals surface area contributed by atoms with Crippen molar-refractivity contribution in [2.45, 2.75) is 25.4 Å². The number of hydrogen-bond acceptors (Lipinski definition) is 3. The van der Waals surface area contributed by atoms with Gasteiger partial charge in [-0.15, -0.1) is 0 Å². The molecule has 0 aromatic heterocycles. The average Bonchev–Trinajstić information content (AvgIpc) is 2.94. The summed E-state index contributed by atoms with van der Waals surface area (Å²) in [6.45, 7) is 3.76. The lowest BCUT2D eigenvalue weighted by molar-refractivity contribution is 0.177. The second-order valence-electron chi connectivity index (χ2n) is 5.03. The molecule has 1 unspecified atom stereocenters. The minimum absolute atomic E-state index is 0.108. The Balaban J connectivity index is 1.58. The molecule has 1 aromatic carbocycles. The zero-order valence-corrected chi connectivity index (χ0v) is 10.1. The molecule has 1 N–H and O–H groups in total. The molecule has 0 aliphatic carbocycles. The van der Waals surface area contributed by atoms with E-state index in [0.29, 0.717) is 0 Å². The highest BCUT2D eigenvalue weighted by atomic mass is 16.5. The van der Waals surface area contributed by atoms with Gasteiger partial charge in [0.15, 0.2) is 0 Å². The molecule has 0 amide bonds. The third-order valence-electron chi connectivity index (χ3n) is 3.72. The summed E-state index contributed by atoms with van der Waals surface area (Å²) in [4.78, 5) is 2.34. The van der Waals surface area contributed by atoms with E-state index in [1.165, 1.54) is 11.1 Å². The summed E-state index contributed by atoms with van der Waals surface area (Å²) in [6, 6.07) is 6.53. The van der Waals surface area contributed by atoms with Crippen LogP contribution in [0.5, 0.6) is 5.75 Å². The Labute approximate surface area is 102 Å². The van der Waals surface area contributed by atoms with Gasteiger partial charge < -0.3 is 14.7 Å². The van der Waals surface area contributed by atoms with E-state index >= 15 is 0 Å². The Morgan fingerprint density at radius 1 is 1.41 bits per heavy atom. The lowest BCUT2D eigenvalue weighted by atomic mass is 10.1. The lowest BCUT2D eigenvalue weighted by Gasteiger charge is -2.14. The summed E-state index contributed by atoms with van der Waals surface area (Å²) >= 11 is 0. The number of fused-ring (bicyclic) bond motifs is 1. The van der Waals surface area contributed by atoms with Crippen molar-refractivity contribution < 1.29 is 9.84 Å². The topological polar surface area (TPSA) is 32.7 Å². The molecule has 17 heavy (non-hydrogen) atoms. The van der Waals surface area contributed by atoms with Crippen molar-refractivity contribution in [1.29, 1.82) is 0 Å². The van der Waals surface area contributed by atoms with Gasteiger partial charge >= 0.3 is 0 Å². The maximum absolute atomic E-state index is 9.47. The minimum atomic E-state index is -0.108. The first kappa shape index (κ1) is 11.1. The Hall–Kier alpha value is -1.06. The largest absolute Gasteiger partial charge is 0.493 e. The van der Waals surface area contributed by atoms with Crippen molar-refractivity contribution in [3.8, 4) is 5.75 Å². The van der Waals surface area contributed by atoms with Crippen LogP contribution in [0, 0.1) is 0 Å². The van der Waals surface area contributed by atoms with Crippen LogP contribution in [0.4, 0.5) is 0 Å². The van der Waals surface area contributed by atoms with Crippen molar-refractivity contribution in [2.24, 2.45) is 0 Å². The molecule has 2 aliphatic heterocycles. The Morgan fingerprint density at radius 2 is 2.35 bits per heavy atom. The molecule has 1 fully saturated rings. The summed E-state index contributed by atoms with van der Waals surface area (Å²) in [5.41, 5.74) is 2.74. The third kappa shape index (κ3) is 2.45. The zero-order valence-electron chi connectivity index (χ0n) is 10.1. The smallest absolute Gasteiger partial charge is 0.122 e. The van der Waals surface area contributed by atoms with Crippen LogP contribution in [0.1, 0.15) is 17.5 Å². The van der Waals surface area contributed by atoms with Crippen LogP contribution in [0.25, 0.3) is 0 Å². The molecule has 3 nitrogen and oxygen atoms in total. The van der Waals surface area contributed by atoms with Crippen LogP contribution < -0.4 is 4.74 Å². The van der Waals surface area contributed by atoms with Crippen molar-refractivity contribution in [3.63, 3.8) is 0 Å². The maximum Gasteiger partial charge on any atom is 0.122 e. The van der Waals surface area contributed by atoms with E-state index < -0.39 is 0 Å². The summed E-state index contributed by atoms with van der Waals surface area (Å²) < 4.78 is 5.50. The van der Waals surface area contributed by atoms with Gasteiger partial charge in [0.25, 0.3) is 0 Å². The van der Waals surface area contributed by atoms with Gasteiger partial charge in [0.05, 0.1) is 12.7 Å². The molecule has 92 valence electrons. The molecule has 0 bridgehead atoms. The Bertz CT molecular complexity index is 405. The number of rotatable bonds is 3. The van der Waals surface area contributed by atoms with Crippen LogP contribution in [-0.2, 0) is 12.8 Å². The fraction of sp³-hybridized carbons (Fsp3) is 0.571. The molecule has 2 aliphatic rings. The Morgan fingerprint density at radius 3 is 3.18 bits per heavy atom. The molecule has 1 atom stereocenters. The summed E-state index contributed by atoms with van der Waals surface area (Å²) in [5.74, 6) is 1.06. The highest BCUT2D eigenvalue weighted by molar-refractivity contribution is 5.39. The summed E-state index contributed by atoms with van der Waals surface area (Å²) in [7, 11) is 0. The monoisotopic (exact) mass is 233 g/mol. The molecule has 0 spiro atoms. The first-order chi connectivity index (χ1) is 8.31. The average molecular weight is 233 g/mol. The molecule has 0 saturated carbocycles. The van der Waals surface area contributed by atoms with E-state index in [2.05, 4.69) is 23.1 Å². The molecule has 2 heterocycles. The van der Waals surface area contributed by atoms with Crippen LogP contribution in [0.2, 0.25) is 0 Å². The number of β-amino-alcohol motifs (C(OH)–C–C–N with tert-alkyl or cyclic N) is 1. The fourth-order valence-corrected chi connectivity index (χ4v) is 2.70. The van der Waals surface area contributed by atoms with Gasteiger partial charge in [-0.2, -0.15) is 0 Å². The number of nitrogens with zero attached hydrogens (tertiary/aromatic N) is 1. The van der Waals surface area contributed by atoms with Crippen LogP contribution in [0.3, 0.4) is 0 Å². The Kier molecular flexibility index (Phi) is 3.04. The number of aliphatic hydroxyl groups excluding tert-OH is 1. The molecule has 0 radical (unpaired) electrons.